The number of alkyl halides is 1. The molecule has 0 fully saturated rings. The van der Waals surface area contributed by atoms with E-state index in [1.807, 2.05) is 25.1 Å². The molecule has 15 heteroatoms. The van der Waals surface area contributed by atoms with Crippen LogP contribution in [0, 0.1) is 0 Å². The van der Waals surface area contributed by atoms with Crippen LogP contribution in [0.4, 0.5) is 14.3 Å². The molecule has 1 unspecified atom stereocenters. The van der Waals surface area contributed by atoms with Crippen LogP contribution >= 0.6 is 34.5 Å². The van der Waals surface area contributed by atoms with Crippen LogP contribution in [0.3, 0.4) is 0 Å². The van der Waals surface area contributed by atoms with Crippen molar-refractivity contribution in [1.29, 1.82) is 0 Å². The first-order chi connectivity index (χ1) is 22.9. The van der Waals surface area contributed by atoms with E-state index >= 15 is 0 Å². The van der Waals surface area contributed by atoms with E-state index in [0.29, 0.717) is 55.2 Å². The molecule has 2 aromatic carbocycles. The number of carbonyl (C=O) groups excluding carboxylic acids is 2. The predicted octanol–water partition coefficient (Wildman–Crippen LogP) is 7.25. The zero-order valence-electron chi connectivity index (χ0n) is 26.7. The van der Waals surface area contributed by atoms with Crippen LogP contribution in [-0.2, 0) is 28.9 Å². The topological polar surface area (TPSA) is 125 Å². The Morgan fingerprint density at radius 1 is 1.21 bits per heavy atom. The van der Waals surface area contributed by atoms with Gasteiger partial charge in [-0.25, -0.2) is 19.2 Å². The number of aromatic nitrogens is 5. The fourth-order valence-corrected chi connectivity index (χ4v) is 6.69. The number of imidazole rings is 1. The first kappa shape index (κ1) is 33.7. The molecule has 0 bridgehead atoms. The normalized spacial score (nSPS) is 14.9. The van der Waals surface area contributed by atoms with Gasteiger partial charge < -0.3 is 19.4 Å². The smallest absolute Gasteiger partial charge is 0.407 e. The SMILES string of the molecule is CCc1cc(-c2cc(Cl)c3cn(C(C(=O)Nc4nccs4)c4ncn5c4C[C@@H](F)C5)nc3c2Cl)ccc1OCCNC(=O)OC(C)(C)C. The highest BCUT2D eigenvalue weighted by atomic mass is 35.5. The first-order valence-corrected chi connectivity index (χ1v) is 17.0. The van der Waals surface area contributed by atoms with Gasteiger partial charge in [-0.1, -0.05) is 36.2 Å². The van der Waals surface area contributed by atoms with Gasteiger partial charge in [-0.05, 0) is 56.5 Å². The van der Waals surface area contributed by atoms with E-state index in [-0.39, 0.29) is 26.1 Å². The maximum Gasteiger partial charge on any atom is 0.407 e. The fraction of sp³-hybridized carbons (Fsp3) is 0.364. The van der Waals surface area contributed by atoms with E-state index < -0.39 is 29.8 Å². The van der Waals surface area contributed by atoms with Crippen molar-refractivity contribution in [2.45, 2.75) is 64.9 Å². The van der Waals surface area contributed by atoms with Crippen molar-refractivity contribution in [3.05, 3.63) is 75.4 Å². The van der Waals surface area contributed by atoms with Crippen LogP contribution in [0.25, 0.3) is 22.0 Å². The molecule has 5 aromatic rings. The number of alkyl carbamates (subject to hydrolysis) is 1. The van der Waals surface area contributed by atoms with Crippen LogP contribution in [0.1, 0.15) is 50.7 Å². The predicted molar refractivity (Wildman–Crippen MR) is 184 cm³/mol. The van der Waals surface area contributed by atoms with Gasteiger partial charge in [0.15, 0.2) is 11.2 Å². The van der Waals surface area contributed by atoms with E-state index in [4.69, 9.17) is 37.8 Å². The number of hydrogen-bond acceptors (Lipinski definition) is 8. The monoisotopic (exact) mass is 713 g/mol. The lowest BCUT2D eigenvalue weighted by molar-refractivity contribution is -0.118. The van der Waals surface area contributed by atoms with Gasteiger partial charge in [0, 0.05) is 40.8 Å². The number of amides is 2. The highest BCUT2D eigenvalue weighted by Gasteiger charge is 2.34. The molecule has 252 valence electrons. The minimum Gasteiger partial charge on any atom is -0.491 e. The van der Waals surface area contributed by atoms with E-state index in [0.717, 1.165) is 11.1 Å². The summed E-state index contributed by atoms with van der Waals surface area (Å²) in [7, 11) is 0. The Labute approximate surface area is 290 Å². The van der Waals surface area contributed by atoms with Crippen LogP contribution in [0.15, 0.2) is 48.4 Å². The van der Waals surface area contributed by atoms with Crippen LogP contribution in [-0.4, -0.2) is 61.2 Å². The van der Waals surface area contributed by atoms with Crippen LogP contribution in [0.5, 0.6) is 5.75 Å². The summed E-state index contributed by atoms with van der Waals surface area (Å²) < 4.78 is 28.8. The minimum absolute atomic E-state index is 0.141. The van der Waals surface area contributed by atoms with Gasteiger partial charge in [-0.15, -0.1) is 11.3 Å². The van der Waals surface area contributed by atoms with Crippen LogP contribution < -0.4 is 15.4 Å². The average Bonchev–Trinajstić information content (AvgIpc) is 3.83. The van der Waals surface area contributed by atoms with Crippen LogP contribution in [0.2, 0.25) is 10.0 Å². The van der Waals surface area contributed by atoms with Gasteiger partial charge in [-0.2, -0.15) is 5.10 Å². The standard InChI is InChI=1S/C33H34Cl2FN7O4S/c1-5-18-12-19(6-7-25(18)46-10-8-38-32(45)47-33(2,3)4)21-14-23(34)22-16-43(41-27(22)26(21)35)29(30(44)40-31-37-9-11-48-31)28-24-13-20(36)15-42(24)17-39-28/h6-7,9,11-12,14,16-17,20,29H,5,8,10,13,15H2,1-4H3,(H,38,45)(H,37,40,44)/t20-,29?/m1/s1. The highest BCUT2D eigenvalue weighted by molar-refractivity contribution is 7.13. The summed E-state index contributed by atoms with van der Waals surface area (Å²) in [5.74, 6) is 0.246. The molecule has 2 amide bonds. The molecule has 0 aliphatic carbocycles. The number of aryl methyl sites for hydroxylation is 1. The molecule has 2 atom stereocenters. The third-order valence-electron chi connectivity index (χ3n) is 7.71. The van der Waals surface area contributed by atoms with E-state index in [9.17, 15) is 14.0 Å². The third kappa shape index (κ3) is 7.13. The largest absolute Gasteiger partial charge is 0.491 e. The van der Waals surface area contributed by atoms with Gasteiger partial charge in [0.2, 0.25) is 0 Å². The number of ether oxygens (including phenoxy) is 2. The minimum atomic E-state index is -1.06. The van der Waals surface area contributed by atoms with Gasteiger partial charge in [0.05, 0.1) is 35.2 Å². The first-order valence-electron chi connectivity index (χ1n) is 15.4. The Bertz CT molecular complexity index is 1970. The molecule has 0 spiro atoms. The summed E-state index contributed by atoms with van der Waals surface area (Å²) in [5.41, 5.74) is 3.23. The summed E-state index contributed by atoms with van der Waals surface area (Å²) in [4.78, 5) is 34.4. The number of rotatable bonds is 10. The van der Waals surface area contributed by atoms with Gasteiger partial charge in [0.25, 0.3) is 5.91 Å². The van der Waals surface area contributed by atoms with Crippen molar-refractivity contribution in [2.75, 3.05) is 18.5 Å². The fourth-order valence-electron chi connectivity index (χ4n) is 5.61. The number of benzene rings is 2. The molecular formula is C33H34Cl2FN7O4S. The van der Waals surface area contributed by atoms with Crippen molar-refractivity contribution in [3.63, 3.8) is 0 Å². The summed E-state index contributed by atoms with van der Waals surface area (Å²) in [6.45, 7) is 8.13. The maximum atomic E-state index is 14.4. The molecule has 2 N–H and O–H groups in total. The summed E-state index contributed by atoms with van der Waals surface area (Å²) in [5, 5.41) is 13.7. The molecule has 6 rings (SSSR count). The lowest BCUT2D eigenvalue weighted by Crippen LogP contribution is -2.34. The number of fused-ring (bicyclic) bond motifs is 2. The van der Waals surface area contributed by atoms with E-state index in [2.05, 4.69) is 20.6 Å². The molecule has 4 heterocycles. The summed E-state index contributed by atoms with van der Waals surface area (Å²) >= 11 is 15.1. The number of thiazole rings is 1. The van der Waals surface area contributed by atoms with Gasteiger partial charge >= 0.3 is 6.09 Å². The zero-order valence-corrected chi connectivity index (χ0v) is 29.0. The van der Waals surface area contributed by atoms with Crippen molar-refractivity contribution < 1.29 is 23.5 Å². The summed E-state index contributed by atoms with van der Waals surface area (Å²) in [6, 6.07) is 6.44. The summed E-state index contributed by atoms with van der Waals surface area (Å²) in [6.07, 6.45) is 4.05. The molecule has 0 saturated heterocycles. The molecule has 0 saturated carbocycles. The highest BCUT2D eigenvalue weighted by Crippen LogP contribution is 2.40. The Balaban J connectivity index is 1.29. The van der Waals surface area contributed by atoms with E-state index in [1.54, 1.807) is 55.5 Å². The Morgan fingerprint density at radius 3 is 2.75 bits per heavy atom. The van der Waals surface area contributed by atoms with Crippen molar-refractivity contribution >= 4 is 62.6 Å². The third-order valence-corrected chi connectivity index (χ3v) is 9.09. The molecule has 0 radical (unpaired) electrons. The number of nitrogens with one attached hydrogen (secondary N) is 2. The van der Waals surface area contributed by atoms with Gasteiger partial charge in [-0.3, -0.25) is 14.8 Å². The molecule has 1 aliphatic rings. The second kappa shape index (κ2) is 13.7. The molecular weight excluding hydrogens is 680 g/mol. The zero-order chi connectivity index (χ0) is 34.2. The second-order valence-corrected chi connectivity index (χ2v) is 14.0. The molecule has 1 aliphatic heterocycles. The number of nitrogens with zero attached hydrogens (tertiary/aromatic N) is 5. The number of halogens is 3. The Kier molecular flexibility index (Phi) is 9.64. The molecule has 11 nitrogen and oxygen atoms in total. The van der Waals surface area contributed by atoms with Crippen molar-refractivity contribution in [1.82, 2.24) is 29.6 Å². The number of anilines is 1. The number of carbonyl (C=O) groups is 2. The van der Waals surface area contributed by atoms with Crippen molar-refractivity contribution in [2.24, 2.45) is 0 Å². The van der Waals surface area contributed by atoms with Gasteiger partial charge in [0.1, 0.15) is 29.6 Å². The Hall–Kier alpha value is -4.20. The lowest BCUT2D eigenvalue weighted by Gasteiger charge is -2.19. The maximum absolute atomic E-state index is 14.4. The molecule has 3 aromatic heterocycles. The quantitative estimate of drug-likeness (QED) is 0.146. The van der Waals surface area contributed by atoms with Crippen molar-refractivity contribution in [3.8, 4) is 16.9 Å². The second-order valence-electron chi connectivity index (χ2n) is 12.3. The average molecular weight is 715 g/mol. The Morgan fingerprint density at radius 2 is 2.02 bits per heavy atom. The lowest BCUT2D eigenvalue weighted by atomic mass is 10.00. The number of hydrogen-bond donors (Lipinski definition) is 2. The van der Waals surface area contributed by atoms with E-state index in [1.165, 1.54) is 16.0 Å². The molecule has 48 heavy (non-hydrogen) atoms.